The maximum absolute atomic E-state index is 13.6. The molecule has 0 saturated carbocycles. The second kappa shape index (κ2) is 8.26. The van der Waals surface area contributed by atoms with Gasteiger partial charge >= 0.3 is 6.03 Å². The summed E-state index contributed by atoms with van der Waals surface area (Å²) in [6.45, 7) is 7.13. The van der Waals surface area contributed by atoms with Crippen molar-refractivity contribution in [2.24, 2.45) is 0 Å². The first-order valence-corrected chi connectivity index (χ1v) is 9.88. The smallest absolute Gasteiger partial charge is 0.325 e. The van der Waals surface area contributed by atoms with Gasteiger partial charge in [0.2, 0.25) is 5.91 Å². The van der Waals surface area contributed by atoms with E-state index in [0.29, 0.717) is 22.6 Å². The Morgan fingerprint density at radius 2 is 1.83 bits per heavy atom. The van der Waals surface area contributed by atoms with Gasteiger partial charge in [-0.05, 0) is 48.1 Å². The van der Waals surface area contributed by atoms with E-state index >= 15 is 0 Å². The highest BCUT2D eigenvalue weighted by atomic mass is 19.1. The number of halogens is 1. The molecule has 0 bridgehead atoms. The van der Waals surface area contributed by atoms with Crippen LogP contribution in [0.25, 0.3) is 0 Å². The Labute approximate surface area is 175 Å². The zero-order valence-corrected chi connectivity index (χ0v) is 17.6. The Balaban J connectivity index is 1.66. The molecule has 1 saturated heterocycles. The van der Waals surface area contributed by atoms with Gasteiger partial charge in [0.1, 0.15) is 17.9 Å². The Kier molecular flexibility index (Phi) is 5.92. The van der Waals surface area contributed by atoms with Gasteiger partial charge in [-0.25, -0.2) is 9.18 Å². The van der Waals surface area contributed by atoms with Crippen LogP contribution in [0.15, 0.2) is 42.5 Å². The summed E-state index contributed by atoms with van der Waals surface area (Å²) < 4.78 is 13.6. The Morgan fingerprint density at radius 3 is 2.43 bits per heavy atom. The number of rotatable bonds is 6. The minimum Gasteiger partial charge on any atom is -0.350 e. The van der Waals surface area contributed by atoms with Crippen LogP contribution in [0.1, 0.15) is 48.9 Å². The SMILES string of the molecule is Cc1ccc(CNC(=O)CN2C(=O)NC(C)(c3ccc(C(C)C)cc3)C2=O)cc1F. The topological polar surface area (TPSA) is 78.5 Å². The van der Waals surface area contributed by atoms with Gasteiger partial charge < -0.3 is 10.6 Å². The van der Waals surface area contributed by atoms with Crippen LogP contribution in [0.4, 0.5) is 9.18 Å². The highest BCUT2D eigenvalue weighted by Gasteiger charge is 2.49. The van der Waals surface area contributed by atoms with Crippen LogP contribution in [0.2, 0.25) is 0 Å². The van der Waals surface area contributed by atoms with Crippen LogP contribution in [-0.4, -0.2) is 29.3 Å². The molecule has 3 rings (SSSR count). The van der Waals surface area contributed by atoms with E-state index in [1.54, 1.807) is 26.0 Å². The number of benzene rings is 2. The summed E-state index contributed by atoms with van der Waals surface area (Å²) >= 11 is 0. The maximum Gasteiger partial charge on any atom is 0.325 e. The molecule has 1 fully saturated rings. The third-order valence-corrected chi connectivity index (χ3v) is 5.46. The monoisotopic (exact) mass is 411 g/mol. The summed E-state index contributed by atoms with van der Waals surface area (Å²) in [5.74, 6) is -0.988. The molecule has 1 unspecified atom stereocenters. The number of urea groups is 1. The van der Waals surface area contributed by atoms with Crippen molar-refractivity contribution in [2.45, 2.75) is 45.7 Å². The number of imide groups is 1. The molecule has 1 aliphatic rings. The highest BCUT2D eigenvalue weighted by molar-refractivity contribution is 6.09. The van der Waals surface area contributed by atoms with Crippen LogP contribution >= 0.6 is 0 Å². The molecule has 158 valence electrons. The van der Waals surface area contributed by atoms with Gasteiger partial charge in [0.15, 0.2) is 0 Å². The van der Waals surface area contributed by atoms with E-state index in [2.05, 4.69) is 24.5 Å². The van der Waals surface area contributed by atoms with Crippen molar-refractivity contribution in [2.75, 3.05) is 6.54 Å². The zero-order valence-electron chi connectivity index (χ0n) is 17.6. The van der Waals surface area contributed by atoms with E-state index in [4.69, 9.17) is 0 Å². The molecule has 30 heavy (non-hydrogen) atoms. The summed E-state index contributed by atoms with van der Waals surface area (Å²) in [5.41, 5.74) is 1.67. The van der Waals surface area contributed by atoms with Gasteiger partial charge in [-0.15, -0.1) is 0 Å². The summed E-state index contributed by atoms with van der Waals surface area (Å²) in [7, 11) is 0. The van der Waals surface area contributed by atoms with E-state index in [0.717, 1.165) is 10.5 Å². The second-order valence-electron chi connectivity index (χ2n) is 8.08. The average Bonchev–Trinajstić information content (AvgIpc) is 2.93. The van der Waals surface area contributed by atoms with Crippen LogP contribution in [0.5, 0.6) is 0 Å². The number of hydrogen-bond acceptors (Lipinski definition) is 3. The molecule has 0 spiro atoms. The van der Waals surface area contributed by atoms with Crippen molar-refractivity contribution in [1.82, 2.24) is 15.5 Å². The third kappa shape index (κ3) is 4.20. The average molecular weight is 411 g/mol. The fourth-order valence-corrected chi connectivity index (χ4v) is 3.38. The van der Waals surface area contributed by atoms with E-state index in [1.807, 2.05) is 24.3 Å². The number of carbonyl (C=O) groups excluding carboxylic acids is 3. The quantitative estimate of drug-likeness (QED) is 0.716. The first kappa shape index (κ1) is 21.5. The van der Waals surface area contributed by atoms with Gasteiger partial charge in [0.25, 0.3) is 5.91 Å². The number of nitrogens with zero attached hydrogens (tertiary/aromatic N) is 1. The standard InChI is InChI=1S/C23H26FN3O3/c1-14(2)17-7-9-18(10-8-17)23(4)21(29)27(22(30)26-23)13-20(28)25-12-16-6-5-15(3)19(24)11-16/h5-11,14H,12-13H2,1-4H3,(H,25,28)(H,26,30). The number of amides is 4. The van der Waals surface area contributed by atoms with Crippen molar-refractivity contribution < 1.29 is 18.8 Å². The summed E-state index contributed by atoms with van der Waals surface area (Å²) in [6, 6.07) is 11.6. The molecular weight excluding hydrogens is 385 g/mol. The fraction of sp³-hybridized carbons (Fsp3) is 0.348. The number of aryl methyl sites for hydroxylation is 1. The van der Waals surface area contributed by atoms with Crippen molar-refractivity contribution in [3.8, 4) is 0 Å². The predicted octanol–water partition coefficient (Wildman–Crippen LogP) is 3.34. The lowest BCUT2D eigenvalue weighted by Crippen LogP contribution is -2.43. The van der Waals surface area contributed by atoms with Gasteiger partial charge in [-0.3, -0.25) is 14.5 Å². The largest absolute Gasteiger partial charge is 0.350 e. The highest BCUT2D eigenvalue weighted by Crippen LogP contribution is 2.29. The molecule has 2 aromatic rings. The molecule has 0 aliphatic carbocycles. The molecule has 7 heteroatoms. The lowest BCUT2D eigenvalue weighted by Gasteiger charge is -2.22. The first-order valence-electron chi connectivity index (χ1n) is 9.88. The molecule has 6 nitrogen and oxygen atoms in total. The van der Waals surface area contributed by atoms with Gasteiger partial charge in [0, 0.05) is 6.54 Å². The van der Waals surface area contributed by atoms with E-state index in [1.165, 1.54) is 6.07 Å². The van der Waals surface area contributed by atoms with Crippen molar-refractivity contribution in [3.05, 3.63) is 70.5 Å². The van der Waals surface area contributed by atoms with Gasteiger partial charge in [-0.1, -0.05) is 50.2 Å². The minimum atomic E-state index is -1.23. The molecule has 1 heterocycles. The normalized spacial score (nSPS) is 18.7. The fourth-order valence-electron chi connectivity index (χ4n) is 3.38. The Bertz CT molecular complexity index is 988. The summed E-state index contributed by atoms with van der Waals surface area (Å²) in [6.07, 6.45) is 0. The maximum atomic E-state index is 13.6. The summed E-state index contributed by atoms with van der Waals surface area (Å²) in [4.78, 5) is 38.6. The molecule has 1 atom stereocenters. The number of nitrogens with one attached hydrogen (secondary N) is 2. The van der Waals surface area contributed by atoms with Crippen molar-refractivity contribution >= 4 is 17.8 Å². The van der Waals surface area contributed by atoms with Crippen molar-refractivity contribution in [3.63, 3.8) is 0 Å². The summed E-state index contributed by atoms with van der Waals surface area (Å²) in [5, 5.41) is 5.32. The predicted molar refractivity (Wildman–Crippen MR) is 111 cm³/mol. The molecule has 4 amide bonds. The lowest BCUT2D eigenvalue weighted by atomic mass is 9.90. The van der Waals surface area contributed by atoms with Crippen molar-refractivity contribution in [1.29, 1.82) is 0 Å². The van der Waals surface area contributed by atoms with Crippen LogP contribution in [0, 0.1) is 12.7 Å². The minimum absolute atomic E-state index is 0.105. The Morgan fingerprint density at radius 1 is 1.17 bits per heavy atom. The molecule has 2 N–H and O–H groups in total. The van der Waals surface area contributed by atoms with Crippen LogP contribution in [-0.2, 0) is 21.7 Å². The van der Waals surface area contributed by atoms with E-state index in [9.17, 15) is 18.8 Å². The number of carbonyl (C=O) groups is 3. The molecule has 1 aliphatic heterocycles. The van der Waals surface area contributed by atoms with Gasteiger partial charge in [0.05, 0.1) is 0 Å². The van der Waals surface area contributed by atoms with E-state index < -0.39 is 29.9 Å². The van der Waals surface area contributed by atoms with Gasteiger partial charge in [-0.2, -0.15) is 0 Å². The first-order chi connectivity index (χ1) is 14.1. The molecule has 2 aromatic carbocycles. The molecular formula is C23H26FN3O3. The second-order valence-corrected chi connectivity index (χ2v) is 8.08. The zero-order chi connectivity index (χ0) is 22.1. The molecule has 0 aromatic heterocycles. The molecule has 0 radical (unpaired) electrons. The van der Waals surface area contributed by atoms with E-state index in [-0.39, 0.29) is 12.4 Å². The third-order valence-electron chi connectivity index (χ3n) is 5.46. The lowest BCUT2D eigenvalue weighted by molar-refractivity contribution is -0.134. The van der Waals surface area contributed by atoms with Crippen LogP contribution in [0.3, 0.4) is 0 Å². The number of hydrogen-bond donors (Lipinski definition) is 2. The Hall–Kier alpha value is -3.22. The van der Waals surface area contributed by atoms with Crippen LogP contribution < -0.4 is 10.6 Å².